The van der Waals surface area contributed by atoms with Crippen LogP contribution >= 0.6 is 0 Å². The summed E-state index contributed by atoms with van der Waals surface area (Å²) in [4.78, 5) is 12.2. The van der Waals surface area contributed by atoms with E-state index < -0.39 is 0 Å². The lowest BCUT2D eigenvalue weighted by Gasteiger charge is -2.07. The van der Waals surface area contributed by atoms with E-state index in [1.807, 2.05) is 40.9 Å². The molecule has 0 radical (unpaired) electrons. The van der Waals surface area contributed by atoms with Crippen molar-refractivity contribution in [3.8, 4) is 11.4 Å². The number of hydrogen-bond donors (Lipinski definition) is 1. The van der Waals surface area contributed by atoms with Crippen LogP contribution in [0.4, 0.5) is 0 Å². The van der Waals surface area contributed by atoms with Gasteiger partial charge in [0.25, 0.3) is 5.91 Å². The van der Waals surface area contributed by atoms with Crippen molar-refractivity contribution in [2.45, 2.75) is 20.3 Å². The van der Waals surface area contributed by atoms with Gasteiger partial charge < -0.3 is 5.32 Å². The number of nitrogens with zero attached hydrogens (tertiary/aromatic N) is 3. The van der Waals surface area contributed by atoms with Gasteiger partial charge in [-0.25, -0.2) is 0 Å². The molecule has 0 fully saturated rings. The van der Waals surface area contributed by atoms with E-state index in [2.05, 4.69) is 29.4 Å². The number of aromatic nitrogens is 3. The predicted molar refractivity (Wildman–Crippen MR) is 90.2 cm³/mol. The maximum Gasteiger partial charge on any atom is 0.251 e. The Morgan fingerprint density at radius 1 is 1.17 bits per heavy atom. The molecule has 0 saturated carbocycles. The van der Waals surface area contributed by atoms with Crippen LogP contribution in [0.2, 0.25) is 0 Å². The molecule has 0 aliphatic heterocycles. The van der Waals surface area contributed by atoms with E-state index >= 15 is 0 Å². The quantitative estimate of drug-likeness (QED) is 0.787. The molecule has 0 atom stereocenters. The molecule has 1 amide bonds. The summed E-state index contributed by atoms with van der Waals surface area (Å²) in [5, 5.41) is 11.3. The summed E-state index contributed by atoms with van der Waals surface area (Å²) in [7, 11) is 0. The molecule has 0 spiro atoms. The van der Waals surface area contributed by atoms with E-state index in [1.54, 1.807) is 12.1 Å². The van der Waals surface area contributed by atoms with Gasteiger partial charge >= 0.3 is 0 Å². The number of hydrogen-bond acceptors (Lipinski definition) is 3. The van der Waals surface area contributed by atoms with Crippen molar-refractivity contribution in [2.24, 2.45) is 5.92 Å². The van der Waals surface area contributed by atoms with Crippen molar-refractivity contribution in [1.29, 1.82) is 0 Å². The molecule has 3 rings (SSSR count). The third-order valence-corrected chi connectivity index (χ3v) is 3.71. The maximum atomic E-state index is 12.2. The first-order chi connectivity index (χ1) is 11.1. The first-order valence-electron chi connectivity index (χ1n) is 7.83. The molecule has 118 valence electrons. The average molecular weight is 308 g/mol. The number of benzene rings is 1. The van der Waals surface area contributed by atoms with Crippen LogP contribution in [0.1, 0.15) is 30.6 Å². The van der Waals surface area contributed by atoms with Crippen molar-refractivity contribution < 1.29 is 4.79 Å². The molecule has 1 aromatic carbocycles. The van der Waals surface area contributed by atoms with E-state index in [4.69, 9.17) is 0 Å². The topological polar surface area (TPSA) is 59.3 Å². The normalized spacial score (nSPS) is 11.1. The molecule has 23 heavy (non-hydrogen) atoms. The lowest BCUT2D eigenvalue weighted by Crippen LogP contribution is -2.25. The second-order valence-corrected chi connectivity index (χ2v) is 5.97. The van der Waals surface area contributed by atoms with Crippen LogP contribution in [0.15, 0.2) is 48.7 Å². The Kier molecular flexibility index (Phi) is 4.37. The Bertz CT molecular complexity index is 808. The Morgan fingerprint density at radius 3 is 2.70 bits per heavy atom. The fraction of sp³-hybridized carbons (Fsp3) is 0.278. The van der Waals surface area contributed by atoms with E-state index in [1.165, 1.54) is 0 Å². The molecular formula is C18H20N4O. The average Bonchev–Trinajstić information content (AvgIpc) is 2.98. The van der Waals surface area contributed by atoms with Crippen molar-refractivity contribution >= 4 is 11.6 Å². The molecule has 2 aromatic heterocycles. The van der Waals surface area contributed by atoms with Gasteiger partial charge in [-0.1, -0.05) is 44.2 Å². The van der Waals surface area contributed by atoms with Crippen molar-refractivity contribution in [2.75, 3.05) is 6.54 Å². The summed E-state index contributed by atoms with van der Waals surface area (Å²) in [6, 6.07) is 13.4. The molecular weight excluding hydrogens is 288 g/mol. The van der Waals surface area contributed by atoms with Gasteiger partial charge in [-0.3, -0.25) is 9.20 Å². The second kappa shape index (κ2) is 6.60. The molecule has 5 heteroatoms. The lowest BCUT2D eigenvalue weighted by molar-refractivity contribution is 0.0952. The van der Waals surface area contributed by atoms with Crippen LogP contribution in [0.3, 0.4) is 0 Å². The van der Waals surface area contributed by atoms with Gasteiger partial charge in [-0.05, 0) is 24.5 Å². The number of carbonyl (C=O) groups excluding carboxylic acids is 1. The van der Waals surface area contributed by atoms with E-state index in [-0.39, 0.29) is 5.91 Å². The summed E-state index contributed by atoms with van der Waals surface area (Å²) >= 11 is 0. The predicted octanol–water partition coefficient (Wildman–Crippen LogP) is 3.17. The minimum absolute atomic E-state index is 0.0718. The zero-order valence-corrected chi connectivity index (χ0v) is 13.4. The standard InChI is InChI=1S/C18H20N4O/c1-13(2)8-10-19-18(23)15-9-11-22-16(12-15)20-21-17(22)14-6-4-3-5-7-14/h3-7,9,11-13H,8,10H2,1-2H3,(H,19,23). The fourth-order valence-electron chi connectivity index (χ4n) is 2.39. The van der Waals surface area contributed by atoms with Crippen LogP contribution in [0.25, 0.3) is 17.0 Å². The molecule has 3 aromatic rings. The Labute approximate surface area is 135 Å². The SMILES string of the molecule is CC(C)CCNC(=O)c1ccn2c(-c3ccccc3)nnc2c1. The Morgan fingerprint density at radius 2 is 1.96 bits per heavy atom. The van der Waals surface area contributed by atoms with Crippen LogP contribution in [-0.4, -0.2) is 27.0 Å². The molecule has 0 aliphatic carbocycles. The monoisotopic (exact) mass is 308 g/mol. The molecule has 0 saturated heterocycles. The molecule has 0 unspecified atom stereocenters. The third-order valence-electron chi connectivity index (χ3n) is 3.71. The molecule has 5 nitrogen and oxygen atoms in total. The summed E-state index contributed by atoms with van der Waals surface area (Å²) in [6.07, 6.45) is 2.81. The minimum Gasteiger partial charge on any atom is -0.352 e. The largest absolute Gasteiger partial charge is 0.352 e. The highest BCUT2D eigenvalue weighted by Gasteiger charge is 2.11. The summed E-state index contributed by atoms with van der Waals surface area (Å²) in [6.45, 7) is 4.96. The van der Waals surface area contributed by atoms with Gasteiger partial charge in [0.2, 0.25) is 0 Å². The van der Waals surface area contributed by atoms with Gasteiger partial charge in [0.05, 0.1) is 0 Å². The zero-order valence-electron chi connectivity index (χ0n) is 13.4. The summed E-state index contributed by atoms with van der Waals surface area (Å²) < 4.78 is 1.89. The highest BCUT2D eigenvalue weighted by Crippen LogP contribution is 2.18. The Balaban J connectivity index is 1.82. The smallest absolute Gasteiger partial charge is 0.251 e. The van der Waals surface area contributed by atoms with Crippen molar-refractivity contribution in [3.63, 3.8) is 0 Å². The minimum atomic E-state index is -0.0718. The number of amides is 1. The highest BCUT2D eigenvalue weighted by molar-refractivity contribution is 5.95. The van der Waals surface area contributed by atoms with Gasteiger partial charge in [0.15, 0.2) is 11.5 Å². The van der Waals surface area contributed by atoms with Gasteiger partial charge in [-0.15, -0.1) is 10.2 Å². The zero-order chi connectivity index (χ0) is 16.2. The van der Waals surface area contributed by atoms with Crippen molar-refractivity contribution in [3.05, 3.63) is 54.2 Å². The van der Waals surface area contributed by atoms with E-state index in [0.717, 1.165) is 17.8 Å². The first kappa shape index (κ1) is 15.2. The molecule has 0 aliphatic rings. The lowest BCUT2D eigenvalue weighted by atomic mass is 10.1. The Hall–Kier alpha value is -2.69. The fourth-order valence-corrected chi connectivity index (χ4v) is 2.39. The van der Waals surface area contributed by atoms with Crippen LogP contribution in [-0.2, 0) is 0 Å². The summed E-state index contributed by atoms with van der Waals surface area (Å²) in [5.41, 5.74) is 2.27. The third kappa shape index (κ3) is 3.39. The van der Waals surface area contributed by atoms with Crippen LogP contribution in [0.5, 0.6) is 0 Å². The maximum absolute atomic E-state index is 12.2. The number of pyridine rings is 1. The summed E-state index contributed by atoms with van der Waals surface area (Å²) in [5.74, 6) is 1.27. The number of fused-ring (bicyclic) bond motifs is 1. The molecule has 1 N–H and O–H groups in total. The second-order valence-electron chi connectivity index (χ2n) is 5.97. The van der Waals surface area contributed by atoms with Gasteiger partial charge in [-0.2, -0.15) is 0 Å². The van der Waals surface area contributed by atoms with Gasteiger partial charge in [0.1, 0.15) is 0 Å². The molecule has 0 bridgehead atoms. The highest BCUT2D eigenvalue weighted by atomic mass is 16.1. The van der Waals surface area contributed by atoms with Crippen LogP contribution in [0, 0.1) is 5.92 Å². The van der Waals surface area contributed by atoms with Crippen LogP contribution < -0.4 is 5.32 Å². The van der Waals surface area contributed by atoms with E-state index in [0.29, 0.717) is 23.7 Å². The number of nitrogens with one attached hydrogen (secondary N) is 1. The van der Waals surface area contributed by atoms with E-state index in [9.17, 15) is 4.79 Å². The van der Waals surface area contributed by atoms with Gasteiger partial charge in [0, 0.05) is 23.9 Å². The first-order valence-corrected chi connectivity index (χ1v) is 7.83. The number of rotatable bonds is 5. The number of carbonyl (C=O) groups is 1. The van der Waals surface area contributed by atoms with Crippen molar-refractivity contribution in [1.82, 2.24) is 19.9 Å². The molecule has 2 heterocycles.